The van der Waals surface area contributed by atoms with Crippen LogP contribution in [0.5, 0.6) is 0 Å². The van der Waals surface area contributed by atoms with Crippen LogP contribution in [0.2, 0.25) is 0 Å². The van der Waals surface area contributed by atoms with Crippen molar-refractivity contribution in [1.29, 1.82) is 0 Å². The number of piperidine rings is 1. The summed E-state index contributed by atoms with van der Waals surface area (Å²) in [6.45, 7) is 7.47. The van der Waals surface area contributed by atoms with Crippen LogP contribution in [-0.4, -0.2) is 35.8 Å². The summed E-state index contributed by atoms with van der Waals surface area (Å²) < 4.78 is 0. The highest BCUT2D eigenvalue weighted by molar-refractivity contribution is 5.88. The highest BCUT2D eigenvalue weighted by Gasteiger charge is 2.25. The van der Waals surface area contributed by atoms with Crippen LogP contribution in [0.1, 0.15) is 52.9 Å². The summed E-state index contributed by atoms with van der Waals surface area (Å²) in [5, 5.41) is 2.85. The number of rotatable bonds is 5. The van der Waals surface area contributed by atoms with Gasteiger partial charge in [-0.05, 0) is 39.0 Å². The van der Waals surface area contributed by atoms with Crippen molar-refractivity contribution in [2.24, 2.45) is 5.92 Å². The van der Waals surface area contributed by atoms with E-state index in [1.807, 2.05) is 18.7 Å². The monoisotopic (exact) mass is 254 g/mol. The molecule has 0 spiro atoms. The molecule has 1 fully saturated rings. The van der Waals surface area contributed by atoms with Crippen LogP contribution in [-0.2, 0) is 9.59 Å². The minimum absolute atomic E-state index is 0.0119. The lowest BCUT2D eigenvalue weighted by Crippen LogP contribution is -2.49. The molecule has 18 heavy (non-hydrogen) atoms. The van der Waals surface area contributed by atoms with Gasteiger partial charge >= 0.3 is 0 Å². The summed E-state index contributed by atoms with van der Waals surface area (Å²) in [6.07, 6.45) is 5.02. The minimum Gasteiger partial charge on any atom is -0.344 e. The number of nitrogens with one attached hydrogen (secondary N) is 1. The topological polar surface area (TPSA) is 49.4 Å². The summed E-state index contributed by atoms with van der Waals surface area (Å²) in [5.41, 5.74) is 0. The molecule has 0 aromatic rings. The predicted octanol–water partition coefficient (Wildman–Crippen LogP) is 1.94. The van der Waals surface area contributed by atoms with Gasteiger partial charge in [0, 0.05) is 19.0 Å². The van der Waals surface area contributed by atoms with Gasteiger partial charge in [-0.15, -0.1) is 0 Å². The van der Waals surface area contributed by atoms with Gasteiger partial charge in [-0.25, -0.2) is 0 Å². The maximum Gasteiger partial charge on any atom is 0.244 e. The number of amides is 2. The molecule has 0 aromatic carbocycles. The van der Waals surface area contributed by atoms with Gasteiger partial charge in [-0.2, -0.15) is 0 Å². The molecule has 2 amide bonds. The van der Waals surface area contributed by atoms with Gasteiger partial charge in [0.2, 0.25) is 11.8 Å². The van der Waals surface area contributed by atoms with Crippen molar-refractivity contribution < 1.29 is 9.59 Å². The van der Waals surface area contributed by atoms with E-state index in [-0.39, 0.29) is 17.7 Å². The lowest BCUT2D eigenvalue weighted by molar-refractivity contribution is -0.137. The highest BCUT2D eigenvalue weighted by Crippen LogP contribution is 2.11. The molecule has 0 aromatic heterocycles. The number of carbonyl (C=O) groups excluding carboxylic acids is 2. The first kappa shape index (κ1) is 15.0. The molecule has 1 rings (SSSR count). The summed E-state index contributed by atoms with van der Waals surface area (Å²) in [7, 11) is 0. The molecule has 1 N–H and O–H groups in total. The van der Waals surface area contributed by atoms with Crippen molar-refractivity contribution in [3.8, 4) is 0 Å². The van der Waals surface area contributed by atoms with Crippen molar-refractivity contribution in [1.82, 2.24) is 10.2 Å². The average molecular weight is 254 g/mol. The van der Waals surface area contributed by atoms with Crippen LogP contribution in [0.15, 0.2) is 0 Å². The van der Waals surface area contributed by atoms with Crippen LogP contribution < -0.4 is 5.32 Å². The third-order valence-corrected chi connectivity index (χ3v) is 3.75. The van der Waals surface area contributed by atoms with Gasteiger partial charge in [0.1, 0.15) is 6.04 Å². The standard InChI is InChI=1S/C14H26N2O2/c1-4-12(5-2)13(17)15-11(3)14(18)16-9-7-6-8-10-16/h11-12H,4-10H2,1-3H3,(H,15,17)/t11-/m1/s1. The lowest BCUT2D eigenvalue weighted by atomic mass is 10.0. The first-order valence-electron chi connectivity index (χ1n) is 7.19. The quantitative estimate of drug-likeness (QED) is 0.815. The van der Waals surface area contributed by atoms with Crippen LogP contribution in [0.25, 0.3) is 0 Å². The minimum atomic E-state index is -0.392. The molecule has 1 aliphatic rings. The Morgan fingerprint density at radius 3 is 2.17 bits per heavy atom. The maximum absolute atomic E-state index is 12.1. The second-order valence-electron chi connectivity index (χ2n) is 5.13. The molecule has 4 nitrogen and oxygen atoms in total. The third-order valence-electron chi connectivity index (χ3n) is 3.75. The first-order valence-corrected chi connectivity index (χ1v) is 7.19. The second-order valence-corrected chi connectivity index (χ2v) is 5.13. The number of hydrogen-bond acceptors (Lipinski definition) is 2. The highest BCUT2D eigenvalue weighted by atomic mass is 16.2. The van der Waals surface area contributed by atoms with Crippen LogP contribution >= 0.6 is 0 Å². The van der Waals surface area contributed by atoms with Gasteiger partial charge in [0.25, 0.3) is 0 Å². The zero-order valence-corrected chi connectivity index (χ0v) is 11.9. The fourth-order valence-electron chi connectivity index (χ4n) is 2.44. The average Bonchev–Trinajstić information content (AvgIpc) is 2.40. The van der Waals surface area contributed by atoms with Crippen LogP contribution in [0.4, 0.5) is 0 Å². The van der Waals surface area contributed by atoms with Gasteiger partial charge in [-0.3, -0.25) is 9.59 Å². The van der Waals surface area contributed by atoms with E-state index in [1.54, 1.807) is 6.92 Å². The SMILES string of the molecule is CCC(CC)C(=O)N[C@H](C)C(=O)N1CCCCC1. The van der Waals surface area contributed by atoms with Crippen molar-refractivity contribution in [3.05, 3.63) is 0 Å². The van der Waals surface area contributed by atoms with Crippen molar-refractivity contribution in [2.45, 2.75) is 58.9 Å². The summed E-state index contributed by atoms with van der Waals surface area (Å²) in [4.78, 5) is 25.9. The molecule has 0 aliphatic carbocycles. The van der Waals surface area contributed by atoms with E-state index in [1.165, 1.54) is 6.42 Å². The predicted molar refractivity (Wildman–Crippen MR) is 72.1 cm³/mol. The Balaban J connectivity index is 2.45. The molecule has 1 heterocycles. The second kappa shape index (κ2) is 7.39. The van der Waals surface area contributed by atoms with Gasteiger partial charge in [-0.1, -0.05) is 13.8 Å². The van der Waals surface area contributed by atoms with E-state index in [9.17, 15) is 9.59 Å². The first-order chi connectivity index (χ1) is 8.60. The number of hydrogen-bond donors (Lipinski definition) is 1. The molecule has 0 saturated carbocycles. The number of carbonyl (C=O) groups is 2. The van der Waals surface area contributed by atoms with Crippen molar-refractivity contribution in [3.63, 3.8) is 0 Å². The fourth-order valence-corrected chi connectivity index (χ4v) is 2.44. The Labute approximate surface area is 110 Å². The zero-order chi connectivity index (χ0) is 13.5. The smallest absolute Gasteiger partial charge is 0.244 e. The van der Waals surface area contributed by atoms with Crippen molar-refractivity contribution >= 4 is 11.8 Å². The van der Waals surface area contributed by atoms with E-state index in [2.05, 4.69) is 5.32 Å². The molecule has 0 radical (unpaired) electrons. The summed E-state index contributed by atoms with van der Waals surface area (Å²) in [6, 6.07) is -0.392. The fraction of sp³-hybridized carbons (Fsp3) is 0.857. The van der Waals surface area contributed by atoms with E-state index in [0.717, 1.165) is 38.8 Å². The zero-order valence-electron chi connectivity index (χ0n) is 11.9. The maximum atomic E-state index is 12.1. The third kappa shape index (κ3) is 4.00. The molecule has 1 aliphatic heterocycles. The Hall–Kier alpha value is -1.06. The molecule has 1 atom stereocenters. The Kier molecular flexibility index (Phi) is 6.16. The Morgan fingerprint density at radius 1 is 1.11 bits per heavy atom. The molecule has 4 heteroatoms. The number of nitrogens with zero attached hydrogens (tertiary/aromatic N) is 1. The molecular weight excluding hydrogens is 228 g/mol. The molecule has 0 bridgehead atoms. The summed E-state index contributed by atoms with van der Waals surface area (Å²) in [5.74, 6) is 0.105. The number of likely N-dealkylation sites (tertiary alicyclic amines) is 1. The Bertz CT molecular complexity index is 282. The van der Waals surface area contributed by atoms with E-state index >= 15 is 0 Å². The van der Waals surface area contributed by atoms with Crippen LogP contribution in [0, 0.1) is 5.92 Å². The van der Waals surface area contributed by atoms with Gasteiger partial charge in [0.15, 0.2) is 0 Å². The molecule has 104 valence electrons. The lowest BCUT2D eigenvalue weighted by Gasteiger charge is -2.30. The van der Waals surface area contributed by atoms with E-state index < -0.39 is 6.04 Å². The van der Waals surface area contributed by atoms with Gasteiger partial charge in [0.05, 0.1) is 0 Å². The summed E-state index contributed by atoms with van der Waals surface area (Å²) >= 11 is 0. The van der Waals surface area contributed by atoms with Gasteiger partial charge < -0.3 is 10.2 Å². The largest absolute Gasteiger partial charge is 0.344 e. The normalized spacial score (nSPS) is 17.7. The molecule has 0 unspecified atom stereocenters. The Morgan fingerprint density at radius 2 is 1.67 bits per heavy atom. The molecular formula is C14H26N2O2. The van der Waals surface area contributed by atoms with E-state index in [4.69, 9.17) is 0 Å². The van der Waals surface area contributed by atoms with E-state index in [0.29, 0.717) is 0 Å². The molecule has 1 saturated heterocycles. The van der Waals surface area contributed by atoms with Crippen molar-refractivity contribution in [2.75, 3.05) is 13.1 Å². The van der Waals surface area contributed by atoms with Crippen LogP contribution in [0.3, 0.4) is 0 Å².